The van der Waals surface area contributed by atoms with Crippen LogP contribution in [0.1, 0.15) is 0 Å². The Balaban J connectivity index is -0.0000000457. The molecule has 0 saturated carbocycles. The molecule has 0 spiro atoms. The van der Waals surface area contributed by atoms with Gasteiger partial charge < -0.3 is 28.7 Å². The number of hydrogen-bond acceptors (Lipinski definition) is 6. The predicted molar refractivity (Wildman–Crippen MR) is 32.7 cm³/mol. The zero-order valence-corrected chi connectivity index (χ0v) is 14.4. The van der Waals surface area contributed by atoms with E-state index in [-0.39, 0.29) is 94.9 Å². The summed E-state index contributed by atoms with van der Waals surface area (Å²) in [5, 5.41) is 0. The molecule has 69 valence electrons. The summed E-state index contributed by atoms with van der Waals surface area (Å²) in [7, 11) is 0. The molecule has 0 aromatic heterocycles. The Hall–Kier alpha value is 3.94. The molecule has 0 aromatic carbocycles. The van der Waals surface area contributed by atoms with Crippen LogP contribution in [0, 0.1) is 49.4 Å². The van der Waals surface area contributed by atoms with E-state index in [1.165, 1.54) is 0 Å². The van der Waals surface area contributed by atoms with Crippen molar-refractivity contribution in [3.63, 3.8) is 0 Å². The van der Waals surface area contributed by atoms with Crippen molar-refractivity contribution in [2.24, 2.45) is 0 Å². The molecule has 0 aliphatic rings. The summed E-state index contributed by atoms with van der Waals surface area (Å²) in [6.45, 7) is -9.33. The van der Waals surface area contributed by atoms with E-state index in [0.29, 0.717) is 0 Å². The van der Waals surface area contributed by atoms with E-state index >= 15 is 0 Å². The summed E-state index contributed by atoms with van der Waals surface area (Å²) in [4.78, 5) is 35.5. The monoisotopic (exact) mass is 469 g/mol. The maximum Gasteiger partial charge on any atom is 2.00 e. The van der Waals surface area contributed by atoms with E-state index in [1.807, 2.05) is 0 Å². The molecular weight excluding hydrogens is 468 g/mol. The smallest absolute Gasteiger partial charge is 0.799 e. The zero-order chi connectivity index (χ0) is 9.00. The fourth-order valence-corrected chi connectivity index (χ4v) is 0. The molecule has 12 heteroatoms. The number of halogens is 2. The molecule has 0 amide bonds. The first-order chi connectivity index (χ1) is 4.00. The molecule has 12 heavy (non-hydrogen) atoms. The van der Waals surface area contributed by atoms with Gasteiger partial charge >= 0.3 is 94.9 Å². The van der Waals surface area contributed by atoms with Crippen LogP contribution in [0.25, 0.3) is 0 Å². The molecule has 0 saturated heterocycles. The minimum atomic E-state index is -4.67. The molecule has 0 rings (SSSR count). The molecule has 0 fully saturated rings. The van der Waals surface area contributed by atoms with Gasteiger partial charge in [-0.15, -0.1) is 0 Å². The third kappa shape index (κ3) is 150. The Morgan fingerprint density at radius 1 is 0.833 bits per heavy atom. The van der Waals surface area contributed by atoms with Gasteiger partial charge in [0.15, 0.2) is 0 Å². The summed E-state index contributed by atoms with van der Waals surface area (Å²) >= 11 is 7.95. The zero-order valence-electron chi connectivity index (χ0n) is 5.18. The second-order valence-electron chi connectivity index (χ2n) is 0.861. The van der Waals surface area contributed by atoms with Crippen LogP contribution in [0.15, 0.2) is 0 Å². The first-order valence-electron chi connectivity index (χ1n) is 1.43. The molecular formula is Cl2EuO6P2Sr. The van der Waals surface area contributed by atoms with Gasteiger partial charge in [-0.05, 0) is 0 Å². The normalized spacial score (nSPS) is 9.83. The summed E-state index contributed by atoms with van der Waals surface area (Å²) < 4.78 is 17.7. The van der Waals surface area contributed by atoms with Crippen LogP contribution in [-0.2, 0) is 9.13 Å². The fraction of sp³-hybridized carbons (Fsp3) is 0. The SMILES string of the molecule is O=P([O-])([O-])Cl.O=P([O-])([O-])Cl.[Eu+2].[Sr+2]. The van der Waals surface area contributed by atoms with Crippen LogP contribution in [0.2, 0.25) is 0 Å². The van der Waals surface area contributed by atoms with Crippen molar-refractivity contribution in [1.29, 1.82) is 0 Å². The molecule has 0 unspecified atom stereocenters. The first-order valence-corrected chi connectivity index (χ1v) is 6.33. The van der Waals surface area contributed by atoms with Crippen molar-refractivity contribution in [1.82, 2.24) is 0 Å². The van der Waals surface area contributed by atoms with E-state index < -0.39 is 13.9 Å². The molecule has 1 radical (unpaired) electrons. The van der Waals surface area contributed by atoms with Crippen molar-refractivity contribution < 1.29 is 78.1 Å². The molecule has 0 aromatic rings. The van der Waals surface area contributed by atoms with Crippen molar-refractivity contribution in [3.8, 4) is 0 Å². The minimum Gasteiger partial charge on any atom is -0.799 e. The second-order valence-corrected chi connectivity index (χ2v) is 5.07. The van der Waals surface area contributed by atoms with Crippen molar-refractivity contribution in [3.05, 3.63) is 0 Å². The third-order valence-electron chi connectivity index (χ3n) is 0. The summed E-state index contributed by atoms with van der Waals surface area (Å²) in [6, 6.07) is 0. The van der Waals surface area contributed by atoms with E-state index in [0.717, 1.165) is 0 Å². The van der Waals surface area contributed by atoms with Crippen molar-refractivity contribution in [2.45, 2.75) is 0 Å². The van der Waals surface area contributed by atoms with Gasteiger partial charge in [0, 0.05) is 13.9 Å². The van der Waals surface area contributed by atoms with Gasteiger partial charge in [0.25, 0.3) is 0 Å². The summed E-state index contributed by atoms with van der Waals surface area (Å²) in [6.07, 6.45) is 0. The molecule has 0 aliphatic carbocycles. The molecule has 0 N–H and O–H groups in total. The van der Waals surface area contributed by atoms with Gasteiger partial charge in [-0.3, -0.25) is 0 Å². The van der Waals surface area contributed by atoms with E-state index in [2.05, 4.69) is 22.5 Å². The molecule has 0 aliphatic heterocycles. The van der Waals surface area contributed by atoms with Crippen molar-refractivity contribution in [2.75, 3.05) is 0 Å². The second kappa shape index (κ2) is 11.4. The van der Waals surface area contributed by atoms with E-state index in [4.69, 9.17) is 28.7 Å². The Morgan fingerprint density at radius 2 is 0.833 bits per heavy atom. The Kier molecular flexibility index (Phi) is 23.8. The van der Waals surface area contributed by atoms with Crippen LogP contribution < -0.4 is 19.6 Å². The Morgan fingerprint density at radius 3 is 0.833 bits per heavy atom. The quantitative estimate of drug-likeness (QED) is 0.292. The van der Waals surface area contributed by atoms with Gasteiger partial charge in [0.05, 0.1) is 0 Å². The van der Waals surface area contributed by atoms with Gasteiger partial charge in [0.2, 0.25) is 0 Å². The van der Waals surface area contributed by atoms with Crippen LogP contribution in [0.5, 0.6) is 0 Å². The number of hydrogen-bond donors (Lipinski definition) is 0. The average molecular weight is 468 g/mol. The van der Waals surface area contributed by atoms with E-state index in [1.54, 1.807) is 0 Å². The van der Waals surface area contributed by atoms with Crippen LogP contribution in [0.4, 0.5) is 0 Å². The van der Waals surface area contributed by atoms with Gasteiger partial charge in [-0.2, -0.15) is 0 Å². The van der Waals surface area contributed by atoms with Crippen molar-refractivity contribution >= 4 is 81.9 Å². The average Bonchev–Trinajstić information content (AvgIpc) is 1.12. The van der Waals surface area contributed by atoms with E-state index in [9.17, 15) is 0 Å². The topological polar surface area (TPSA) is 126 Å². The Labute approximate surface area is 156 Å². The van der Waals surface area contributed by atoms with Crippen LogP contribution in [0.3, 0.4) is 0 Å². The molecule has 0 bridgehead atoms. The molecule has 0 heterocycles. The standard InChI is InChI=1S/2ClH2O3P.Eu.Sr/c2*1-5(2,3)4;;/h2*(H2,2,3,4);;/q;;2*+2/p-4. The van der Waals surface area contributed by atoms with Gasteiger partial charge in [0.1, 0.15) is 0 Å². The maximum atomic E-state index is 8.87. The van der Waals surface area contributed by atoms with Gasteiger partial charge in [-0.25, -0.2) is 0 Å². The predicted octanol–water partition coefficient (Wildman–Crippen LogP) is -2.27. The van der Waals surface area contributed by atoms with Crippen LogP contribution in [-0.4, -0.2) is 45.5 Å². The minimum absolute atomic E-state index is 0. The molecule has 6 nitrogen and oxygen atoms in total. The number of rotatable bonds is 0. The first kappa shape index (κ1) is 25.0. The Bertz CT molecular complexity index is 136. The fourth-order valence-electron chi connectivity index (χ4n) is 0. The van der Waals surface area contributed by atoms with Crippen LogP contribution >= 0.6 is 36.4 Å². The molecule has 0 atom stereocenters. The van der Waals surface area contributed by atoms with Gasteiger partial charge in [-0.1, -0.05) is 22.5 Å². The largest absolute Gasteiger partial charge is 2.00 e. The summed E-state index contributed by atoms with van der Waals surface area (Å²) in [5.41, 5.74) is 0. The third-order valence-corrected chi connectivity index (χ3v) is 0. The summed E-state index contributed by atoms with van der Waals surface area (Å²) in [5.74, 6) is 0. The maximum absolute atomic E-state index is 8.87.